The zero-order valence-electron chi connectivity index (χ0n) is 29.7. The van der Waals surface area contributed by atoms with Crippen LogP contribution in [0.25, 0.3) is 94.4 Å². The van der Waals surface area contributed by atoms with E-state index in [-0.39, 0.29) is 2.85 Å². The minimum atomic E-state index is 0. The maximum absolute atomic E-state index is 5.13. The third-order valence-corrected chi connectivity index (χ3v) is 9.67. The molecule has 4 heteroatoms. The number of aromatic nitrogens is 4. The summed E-state index contributed by atoms with van der Waals surface area (Å²) in [6.45, 7) is 8.25. The average molecular weight is 667 g/mol. The van der Waals surface area contributed by atoms with Crippen LogP contribution in [0.3, 0.4) is 0 Å². The van der Waals surface area contributed by atoms with Crippen molar-refractivity contribution in [2.45, 2.75) is 47.0 Å². The van der Waals surface area contributed by atoms with Gasteiger partial charge in [-0.15, -0.1) is 0 Å². The number of nitrogens with zero attached hydrogens (tertiary/aromatic N) is 2. The minimum absolute atomic E-state index is 0. The van der Waals surface area contributed by atoms with Crippen LogP contribution in [-0.2, 0) is 6.42 Å². The molecule has 1 aliphatic rings. The molecule has 0 amide bonds. The summed E-state index contributed by atoms with van der Waals surface area (Å²) in [7, 11) is 0. The van der Waals surface area contributed by atoms with Crippen LogP contribution in [-0.4, -0.2) is 19.9 Å². The molecule has 2 aromatic heterocycles. The van der Waals surface area contributed by atoms with E-state index in [4.69, 9.17) is 9.97 Å². The van der Waals surface area contributed by atoms with Gasteiger partial charge in [-0.1, -0.05) is 168 Å². The Bertz CT molecular complexity index is 2630. The summed E-state index contributed by atoms with van der Waals surface area (Å²) in [4.78, 5) is 17.5. The highest BCUT2D eigenvalue weighted by molar-refractivity contribution is 6.23. The monoisotopic (exact) mass is 666 g/mol. The van der Waals surface area contributed by atoms with Crippen molar-refractivity contribution >= 4 is 60.5 Å². The zero-order valence-corrected chi connectivity index (χ0v) is 29.7. The lowest BCUT2D eigenvalue weighted by molar-refractivity contribution is 0.999. The molecule has 254 valence electrons. The van der Waals surface area contributed by atoms with Gasteiger partial charge in [-0.25, -0.2) is 9.97 Å². The van der Waals surface area contributed by atoms with Gasteiger partial charge < -0.3 is 9.97 Å². The third-order valence-electron chi connectivity index (χ3n) is 9.67. The van der Waals surface area contributed by atoms with Crippen LogP contribution in [0.15, 0.2) is 127 Å². The van der Waals surface area contributed by atoms with Crippen LogP contribution in [0.5, 0.6) is 0 Å². The molecule has 51 heavy (non-hydrogen) atoms. The fourth-order valence-corrected chi connectivity index (χ4v) is 7.43. The first-order valence-electron chi connectivity index (χ1n) is 18.3. The Hall–Kier alpha value is -6.00. The molecule has 10 rings (SSSR count). The first-order chi connectivity index (χ1) is 25.2. The first-order valence-corrected chi connectivity index (χ1v) is 18.3. The zero-order chi connectivity index (χ0) is 34.9. The Balaban J connectivity index is 0.000000656. The molecular weight excluding hydrogens is 621 g/mol. The van der Waals surface area contributed by atoms with Crippen LogP contribution in [0, 0.1) is 0 Å². The van der Waals surface area contributed by atoms with Crippen LogP contribution >= 0.6 is 0 Å². The number of hydrogen-bond acceptors (Lipinski definition) is 2. The number of H-pyrrole nitrogens is 2. The molecule has 0 fully saturated rings. The molecule has 0 spiro atoms. The number of imidazole rings is 2. The normalized spacial score (nSPS) is 12.2. The number of rotatable bonds is 3. The molecule has 0 saturated carbocycles. The van der Waals surface area contributed by atoms with Gasteiger partial charge in [0.15, 0.2) is 0 Å². The van der Waals surface area contributed by atoms with Crippen LogP contribution in [0.2, 0.25) is 0 Å². The van der Waals surface area contributed by atoms with Gasteiger partial charge in [0.2, 0.25) is 0 Å². The quantitative estimate of drug-likeness (QED) is 0.184. The standard InChI is InChI=1S/C42H28N4.C3H8.C2H6.2H2/c1-5-13-33-29(9-1)30-10-2-6-14-34(30)38-37(33)43-41(44-38)27-21-17-25(18-22-27)26-19-23-28(24-20-26)42-45-39-35-15-7-3-11-31(35)32-12-4-8-16-36(32)40(39)46-42;1-3-2;1-2;;/h1-3,5-11,13-24H,4,12H2,(H,43,44)(H,45,46);3H2,1-2H3;1-2H3;2*1H. The fourth-order valence-electron chi connectivity index (χ4n) is 7.43. The van der Waals surface area contributed by atoms with E-state index in [1.54, 1.807) is 0 Å². The van der Waals surface area contributed by atoms with Crippen LogP contribution < -0.4 is 0 Å². The number of aromatic amines is 2. The number of fused-ring (bicyclic) bond motifs is 12. The molecule has 0 radical (unpaired) electrons. The van der Waals surface area contributed by atoms with Gasteiger partial charge in [0.05, 0.1) is 22.1 Å². The van der Waals surface area contributed by atoms with Gasteiger partial charge in [0, 0.05) is 35.7 Å². The van der Waals surface area contributed by atoms with Crippen LogP contribution in [0.4, 0.5) is 0 Å². The summed E-state index contributed by atoms with van der Waals surface area (Å²) in [5.41, 5.74) is 11.4. The Labute approximate surface area is 301 Å². The van der Waals surface area contributed by atoms with Gasteiger partial charge in [0.1, 0.15) is 11.6 Å². The summed E-state index contributed by atoms with van der Waals surface area (Å²) in [5.74, 6) is 1.78. The molecule has 0 saturated heterocycles. The lowest BCUT2D eigenvalue weighted by Gasteiger charge is -2.14. The SMILES string of the molecule is C1=Cc2c(c3ccccc3c3[nH]c(-c4ccc(-c5ccc(-c6nc7c8ccccc8c8ccccc8c7[nH]6)cc5)cc4)nc23)CC1.CC.CCC.[HH].[HH]. The third kappa shape index (κ3) is 5.57. The molecule has 0 atom stereocenters. The highest BCUT2D eigenvalue weighted by atomic mass is 14.9. The van der Waals surface area contributed by atoms with Gasteiger partial charge >= 0.3 is 0 Å². The van der Waals surface area contributed by atoms with Gasteiger partial charge in [-0.2, -0.15) is 0 Å². The number of aryl methyl sites for hydroxylation is 1. The Morgan fingerprint density at radius 3 is 1.49 bits per heavy atom. The van der Waals surface area contributed by atoms with Crippen molar-refractivity contribution < 1.29 is 2.85 Å². The lowest BCUT2D eigenvalue weighted by Crippen LogP contribution is -1.97. The predicted octanol–water partition coefficient (Wildman–Crippen LogP) is 13.8. The highest BCUT2D eigenvalue weighted by Gasteiger charge is 2.19. The van der Waals surface area contributed by atoms with E-state index in [2.05, 4.69) is 157 Å². The highest BCUT2D eigenvalue weighted by Crippen LogP contribution is 2.38. The van der Waals surface area contributed by atoms with E-state index < -0.39 is 0 Å². The van der Waals surface area contributed by atoms with Crippen molar-refractivity contribution in [1.29, 1.82) is 0 Å². The van der Waals surface area contributed by atoms with E-state index in [0.29, 0.717) is 0 Å². The summed E-state index contributed by atoms with van der Waals surface area (Å²) in [6.07, 6.45) is 7.90. The maximum Gasteiger partial charge on any atom is 0.138 e. The smallest absolute Gasteiger partial charge is 0.138 e. The maximum atomic E-state index is 5.13. The Morgan fingerprint density at radius 1 is 0.510 bits per heavy atom. The molecule has 9 aromatic rings. The summed E-state index contributed by atoms with van der Waals surface area (Å²) in [5, 5.41) is 7.41. The molecular formula is C47H46N4. The molecule has 0 aliphatic heterocycles. The molecule has 7 aromatic carbocycles. The van der Waals surface area contributed by atoms with Gasteiger partial charge in [0.25, 0.3) is 0 Å². The molecule has 0 unspecified atom stereocenters. The number of benzene rings is 7. The fraction of sp³-hybridized carbons (Fsp3) is 0.149. The van der Waals surface area contributed by atoms with Gasteiger partial charge in [-0.3, -0.25) is 0 Å². The van der Waals surface area contributed by atoms with E-state index in [1.165, 1.54) is 55.4 Å². The second-order valence-electron chi connectivity index (χ2n) is 12.9. The average Bonchev–Trinajstić information content (AvgIpc) is 3.87. The number of hydrogen-bond donors (Lipinski definition) is 2. The Morgan fingerprint density at radius 2 is 0.922 bits per heavy atom. The molecule has 1 aliphatic carbocycles. The summed E-state index contributed by atoms with van der Waals surface area (Å²) in [6, 6.07) is 43.2. The number of nitrogens with one attached hydrogen (secondary N) is 2. The summed E-state index contributed by atoms with van der Waals surface area (Å²) >= 11 is 0. The Kier molecular flexibility index (Phi) is 8.67. The van der Waals surface area contributed by atoms with Crippen molar-refractivity contribution in [2.24, 2.45) is 0 Å². The molecule has 2 N–H and O–H groups in total. The molecule has 2 heterocycles. The van der Waals surface area contributed by atoms with Crippen molar-refractivity contribution in [3.05, 3.63) is 139 Å². The first kappa shape index (κ1) is 32.2. The second kappa shape index (κ2) is 13.7. The minimum Gasteiger partial charge on any atom is -0.337 e. The molecule has 4 nitrogen and oxygen atoms in total. The van der Waals surface area contributed by atoms with Gasteiger partial charge in [-0.05, 0) is 45.7 Å². The number of allylic oxidation sites excluding steroid dienone is 1. The van der Waals surface area contributed by atoms with E-state index in [0.717, 1.165) is 63.2 Å². The summed E-state index contributed by atoms with van der Waals surface area (Å²) < 4.78 is 0. The predicted molar refractivity (Wildman–Crippen MR) is 223 cm³/mol. The second-order valence-corrected chi connectivity index (χ2v) is 12.9. The van der Waals surface area contributed by atoms with Crippen molar-refractivity contribution in [2.75, 3.05) is 0 Å². The largest absolute Gasteiger partial charge is 0.337 e. The molecule has 0 bridgehead atoms. The van der Waals surface area contributed by atoms with E-state index in [9.17, 15) is 0 Å². The topological polar surface area (TPSA) is 57.4 Å². The van der Waals surface area contributed by atoms with Crippen molar-refractivity contribution in [1.82, 2.24) is 19.9 Å². The van der Waals surface area contributed by atoms with Crippen LogP contribution in [0.1, 0.15) is 54.5 Å². The van der Waals surface area contributed by atoms with Crippen molar-refractivity contribution in [3.63, 3.8) is 0 Å². The van der Waals surface area contributed by atoms with Crippen molar-refractivity contribution in [3.8, 4) is 33.9 Å². The van der Waals surface area contributed by atoms with E-state index in [1.807, 2.05) is 13.8 Å². The lowest BCUT2D eigenvalue weighted by atomic mass is 9.90. The van der Waals surface area contributed by atoms with E-state index >= 15 is 0 Å².